The Morgan fingerprint density at radius 1 is 1.50 bits per heavy atom. The molecular weight excluding hydrogens is 280 g/mol. The molecule has 7 heteroatoms. The molecule has 0 aliphatic heterocycles. The zero-order chi connectivity index (χ0) is 14.7. The number of benzene rings is 1. The van der Waals surface area contributed by atoms with E-state index in [0.717, 1.165) is 10.9 Å². The highest BCUT2D eigenvalue weighted by Crippen LogP contribution is 2.20. The molecule has 1 heterocycles. The van der Waals surface area contributed by atoms with Gasteiger partial charge in [-0.15, -0.1) is 0 Å². The Balaban J connectivity index is 2.14. The first-order valence-electron chi connectivity index (χ1n) is 5.99. The Bertz CT molecular complexity index is 653. The molecule has 6 nitrogen and oxygen atoms in total. The van der Waals surface area contributed by atoms with E-state index in [4.69, 9.17) is 9.63 Å². The summed E-state index contributed by atoms with van der Waals surface area (Å²) < 4.78 is 5.12. The van der Waals surface area contributed by atoms with E-state index in [0.29, 0.717) is 11.3 Å². The maximum Gasteiger partial charge on any atom is 0.327 e. The van der Waals surface area contributed by atoms with Crippen LogP contribution in [-0.2, 0) is 16.0 Å². The molecule has 2 aromatic rings. The molecule has 0 radical (unpaired) electrons. The number of nitrogens with one attached hydrogen (secondary N) is 1. The van der Waals surface area contributed by atoms with E-state index in [1.165, 1.54) is 0 Å². The van der Waals surface area contributed by atoms with Crippen LogP contribution in [0.15, 0.2) is 22.7 Å². The highest BCUT2D eigenvalue weighted by atomic mass is 32.1. The van der Waals surface area contributed by atoms with E-state index in [1.54, 1.807) is 6.07 Å². The molecular formula is C13H14N2O4S. The number of aryl methyl sites for hydroxylation is 1. The van der Waals surface area contributed by atoms with Gasteiger partial charge in [-0.05, 0) is 19.1 Å². The highest BCUT2D eigenvalue weighted by Gasteiger charge is 2.20. The monoisotopic (exact) mass is 294 g/mol. The molecule has 0 saturated heterocycles. The molecule has 0 bridgehead atoms. The van der Waals surface area contributed by atoms with Gasteiger partial charge in [0.15, 0.2) is 5.58 Å². The average molecular weight is 294 g/mol. The Hall–Kier alpha value is -2.02. The van der Waals surface area contributed by atoms with Gasteiger partial charge in [0.05, 0.1) is 6.42 Å². The Labute approximate surface area is 120 Å². The third-order valence-corrected chi connectivity index (χ3v) is 3.21. The molecule has 1 atom stereocenters. The number of aliphatic carboxylic acids is 1. The number of carboxylic acid groups (broad SMARTS) is 1. The lowest BCUT2D eigenvalue weighted by molar-refractivity contribution is -0.141. The highest BCUT2D eigenvalue weighted by molar-refractivity contribution is 7.80. The van der Waals surface area contributed by atoms with E-state index in [1.807, 2.05) is 19.1 Å². The summed E-state index contributed by atoms with van der Waals surface area (Å²) in [6.07, 6.45) is -0.0337. The zero-order valence-electron chi connectivity index (χ0n) is 10.8. The summed E-state index contributed by atoms with van der Waals surface area (Å²) in [4.78, 5) is 22.7. The van der Waals surface area contributed by atoms with Gasteiger partial charge in [0, 0.05) is 11.1 Å². The number of amides is 1. The summed E-state index contributed by atoms with van der Waals surface area (Å²) in [5.41, 5.74) is 2.12. The first-order chi connectivity index (χ1) is 9.51. The zero-order valence-corrected chi connectivity index (χ0v) is 11.7. The molecule has 1 aromatic heterocycles. The minimum atomic E-state index is -1.12. The van der Waals surface area contributed by atoms with Crippen molar-refractivity contribution in [1.29, 1.82) is 0 Å². The molecule has 0 fully saturated rings. The maximum absolute atomic E-state index is 11.8. The Morgan fingerprint density at radius 2 is 2.25 bits per heavy atom. The molecule has 2 rings (SSSR count). The normalized spacial score (nSPS) is 12.3. The van der Waals surface area contributed by atoms with Crippen LogP contribution in [0.3, 0.4) is 0 Å². The molecule has 1 aromatic carbocycles. The summed E-state index contributed by atoms with van der Waals surface area (Å²) in [7, 11) is 0. The summed E-state index contributed by atoms with van der Waals surface area (Å²) in [6, 6.07) is 4.54. The lowest BCUT2D eigenvalue weighted by atomic mass is 10.1. The van der Waals surface area contributed by atoms with Crippen LogP contribution in [0.25, 0.3) is 11.0 Å². The fourth-order valence-corrected chi connectivity index (χ4v) is 2.06. The van der Waals surface area contributed by atoms with Crippen LogP contribution in [0, 0.1) is 6.92 Å². The topological polar surface area (TPSA) is 92.4 Å². The molecule has 20 heavy (non-hydrogen) atoms. The second-order valence-electron chi connectivity index (χ2n) is 4.45. The Morgan fingerprint density at radius 3 is 2.90 bits per heavy atom. The predicted octanol–water partition coefficient (Wildman–Crippen LogP) is 1.18. The lowest BCUT2D eigenvalue weighted by Crippen LogP contribution is -2.42. The molecule has 0 spiro atoms. The van der Waals surface area contributed by atoms with Crippen LogP contribution in [0.5, 0.6) is 0 Å². The quantitative estimate of drug-likeness (QED) is 0.720. The van der Waals surface area contributed by atoms with E-state index >= 15 is 0 Å². The summed E-state index contributed by atoms with van der Waals surface area (Å²) in [6.45, 7) is 1.93. The number of carbonyl (C=O) groups is 2. The first-order valence-corrected chi connectivity index (χ1v) is 6.62. The number of thiol groups is 1. The smallest absolute Gasteiger partial charge is 0.327 e. The van der Waals surface area contributed by atoms with Crippen LogP contribution in [0.2, 0.25) is 0 Å². The molecule has 1 amide bonds. The molecule has 0 aliphatic carbocycles. The number of rotatable bonds is 5. The predicted molar refractivity (Wildman–Crippen MR) is 75.9 cm³/mol. The van der Waals surface area contributed by atoms with E-state index < -0.39 is 17.9 Å². The van der Waals surface area contributed by atoms with Crippen LogP contribution in [-0.4, -0.2) is 33.9 Å². The number of carbonyl (C=O) groups excluding carboxylic acids is 1. The van der Waals surface area contributed by atoms with E-state index in [2.05, 4.69) is 23.1 Å². The van der Waals surface area contributed by atoms with Gasteiger partial charge >= 0.3 is 5.97 Å². The van der Waals surface area contributed by atoms with Crippen molar-refractivity contribution in [1.82, 2.24) is 10.5 Å². The number of carboxylic acids is 1. The molecule has 106 valence electrons. The fourth-order valence-electron chi connectivity index (χ4n) is 1.81. The van der Waals surface area contributed by atoms with Gasteiger partial charge in [-0.3, -0.25) is 4.79 Å². The average Bonchev–Trinajstić information content (AvgIpc) is 2.78. The minimum Gasteiger partial charge on any atom is -0.480 e. The van der Waals surface area contributed by atoms with Gasteiger partial charge in [-0.25, -0.2) is 4.79 Å². The first kappa shape index (κ1) is 14.4. The van der Waals surface area contributed by atoms with Crippen LogP contribution < -0.4 is 5.32 Å². The van der Waals surface area contributed by atoms with Crippen LogP contribution >= 0.6 is 12.6 Å². The lowest BCUT2D eigenvalue weighted by Gasteiger charge is -2.10. The van der Waals surface area contributed by atoms with Crippen molar-refractivity contribution in [3.63, 3.8) is 0 Å². The number of nitrogens with zero attached hydrogens (tertiary/aromatic N) is 1. The van der Waals surface area contributed by atoms with Crippen molar-refractivity contribution < 1.29 is 19.2 Å². The second kappa shape index (κ2) is 5.96. The SMILES string of the molecule is Cc1ccc2onc(CC(=O)NC(CS)C(=O)O)c2c1. The largest absolute Gasteiger partial charge is 0.480 e. The third-order valence-electron chi connectivity index (χ3n) is 2.84. The molecule has 2 N–H and O–H groups in total. The number of fused-ring (bicyclic) bond motifs is 1. The minimum absolute atomic E-state index is 0.0275. The molecule has 1 unspecified atom stereocenters. The number of hydrogen-bond acceptors (Lipinski definition) is 5. The van der Waals surface area contributed by atoms with Crippen molar-refractivity contribution in [2.45, 2.75) is 19.4 Å². The second-order valence-corrected chi connectivity index (χ2v) is 4.81. The van der Waals surface area contributed by atoms with E-state index in [-0.39, 0.29) is 12.2 Å². The van der Waals surface area contributed by atoms with Gasteiger partial charge in [0.1, 0.15) is 11.7 Å². The van der Waals surface area contributed by atoms with Crippen molar-refractivity contribution in [2.75, 3.05) is 5.75 Å². The van der Waals surface area contributed by atoms with Gasteiger partial charge in [0.25, 0.3) is 0 Å². The summed E-state index contributed by atoms with van der Waals surface area (Å²) in [5, 5.41) is 15.9. The number of aromatic nitrogens is 1. The Kier molecular flexibility index (Phi) is 4.29. The summed E-state index contributed by atoms with van der Waals surface area (Å²) in [5.74, 6) is -1.52. The maximum atomic E-state index is 11.8. The fraction of sp³-hybridized carbons (Fsp3) is 0.308. The van der Waals surface area contributed by atoms with Crippen LogP contribution in [0.1, 0.15) is 11.3 Å². The van der Waals surface area contributed by atoms with Crippen molar-refractivity contribution in [2.24, 2.45) is 0 Å². The third kappa shape index (κ3) is 3.11. The van der Waals surface area contributed by atoms with Gasteiger partial charge in [-0.1, -0.05) is 16.8 Å². The van der Waals surface area contributed by atoms with Crippen molar-refractivity contribution in [3.05, 3.63) is 29.5 Å². The van der Waals surface area contributed by atoms with Gasteiger partial charge < -0.3 is 14.9 Å². The van der Waals surface area contributed by atoms with Gasteiger partial charge in [0.2, 0.25) is 5.91 Å². The van der Waals surface area contributed by atoms with E-state index in [9.17, 15) is 9.59 Å². The standard InChI is InChI=1S/C13H14N2O4S/c1-7-2-3-11-8(4-7)9(15-19-11)5-12(16)14-10(6-20)13(17)18/h2-4,10,20H,5-6H2,1H3,(H,14,16)(H,17,18). The molecule has 0 aliphatic rings. The van der Waals surface area contributed by atoms with Crippen molar-refractivity contribution >= 4 is 35.5 Å². The summed E-state index contributed by atoms with van der Waals surface area (Å²) >= 11 is 3.89. The van der Waals surface area contributed by atoms with Crippen molar-refractivity contribution in [3.8, 4) is 0 Å². The van der Waals surface area contributed by atoms with Gasteiger partial charge in [-0.2, -0.15) is 12.6 Å². The van der Waals surface area contributed by atoms with Crippen LogP contribution in [0.4, 0.5) is 0 Å². The molecule has 0 saturated carbocycles. The number of hydrogen-bond donors (Lipinski definition) is 3.